The molecule has 5 heteroatoms. The highest BCUT2D eigenvalue weighted by molar-refractivity contribution is 5.93. The van der Waals surface area contributed by atoms with Crippen molar-refractivity contribution < 1.29 is 4.79 Å². The smallest absolute Gasteiger partial charge is 0.273 e. The number of piperidine rings is 1. The lowest BCUT2D eigenvalue weighted by molar-refractivity contribution is 0.0324. The molecule has 1 aliphatic heterocycles. The molecule has 130 valence electrons. The summed E-state index contributed by atoms with van der Waals surface area (Å²) in [5.41, 5.74) is 6.74. The maximum absolute atomic E-state index is 13.2. The first-order valence-electron chi connectivity index (χ1n) is 8.62. The fourth-order valence-corrected chi connectivity index (χ4v) is 3.49. The number of hydrogen-bond donors (Lipinski definition) is 1. The molecule has 0 bridgehead atoms. The maximum atomic E-state index is 13.2. The fraction of sp³-hybridized carbons (Fsp3) is 0.526. The molecule has 0 aromatic carbocycles. The van der Waals surface area contributed by atoms with E-state index in [0.29, 0.717) is 5.69 Å². The van der Waals surface area contributed by atoms with Crippen LogP contribution in [0.3, 0.4) is 0 Å². The van der Waals surface area contributed by atoms with E-state index in [1.165, 1.54) is 0 Å². The van der Waals surface area contributed by atoms with Crippen molar-refractivity contribution in [3.05, 3.63) is 42.8 Å². The monoisotopic (exact) mass is 328 g/mol. The normalized spacial score (nSPS) is 16.9. The quantitative estimate of drug-likeness (QED) is 0.808. The third-order valence-corrected chi connectivity index (χ3v) is 4.71. The van der Waals surface area contributed by atoms with Crippen LogP contribution in [0.4, 0.5) is 5.95 Å². The second kappa shape index (κ2) is 7.60. The molecule has 2 N–H and O–H groups in total. The van der Waals surface area contributed by atoms with Gasteiger partial charge in [-0.05, 0) is 44.1 Å². The van der Waals surface area contributed by atoms with Gasteiger partial charge in [0.2, 0.25) is 5.95 Å². The number of rotatable bonds is 6. The van der Waals surface area contributed by atoms with E-state index in [1.54, 1.807) is 6.07 Å². The van der Waals surface area contributed by atoms with E-state index in [0.717, 1.165) is 44.3 Å². The van der Waals surface area contributed by atoms with Crippen LogP contribution in [0.25, 0.3) is 0 Å². The van der Waals surface area contributed by atoms with Gasteiger partial charge < -0.3 is 10.6 Å². The third kappa shape index (κ3) is 3.66. The van der Waals surface area contributed by atoms with E-state index in [1.807, 2.05) is 30.9 Å². The summed E-state index contributed by atoms with van der Waals surface area (Å²) in [6.45, 7) is 12.5. The van der Waals surface area contributed by atoms with E-state index < -0.39 is 0 Å². The minimum Gasteiger partial charge on any atom is -0.368 e. The molecule has 24 heavy (non-hydrogen) atoms. The van der Waals surface area contributed by atoms with Gasteiger partial charge in [0.1, 0.15) is 5.69 Å². The number of nitrogen functional groups attached to an aromatic ring is 1. The predicted molar refractivity (Wildman–Crippen MR) is 97.8 cm³/mol. The Morgan fingerprint density at radius 1 is 1.33 bits per heavy atom. The second-order valence-electron chi connectivity index (χ2n) is 6.81. The van der Waals surface area contributed by atoms with E-state index in [4.69, 9.17) is 5.73 Å². The Morgan fingerprint density at radius 2 is 2.00 bits per heavy atom. The minimum absolute atomic E-state index is 0.0746. The molecule has 2 rings (SSSR count). The molecule has 5 nitrogen and oxygen atoms in total. The Labute approximate surface area is 144 Å². The number of nitrogens with zero attached hydrogens (tertiary/aromatic N) is 3. The molecule has 0 saturated carbocycles. The molecule has 1 aromatic heterocycles. The molecular weight excluding hydrogens is 300 g/mol. The van der Waals surface area contributed by atoms with Crippen LogP contribution in [-0.2, 0) is 0 Å². The third-order valence-electron chi connectivity index (χ3n) is 4.71. The molecule has 1 aliphatic rings. The van der Waals surface area contributed by atoms with Crippen molar-refractivity contribution in [1.29, 1.82) is 0 Å². The zero-order valence-corrected chi connectivity index (χ0v) is 14.8. The fourth-order valence-electron chi connectivity index (χ4n) is 3.49. The summed E-state index contributed by atoms with van der Waals surface area (Å²) >= 11 is 0. The van der Waals surface area contributed by atoms with Crippen molar-refractivity contribution in [3.8, 4) is 0 Å². The number of amides is 1. The Hall–Kier alpha value is -2.17. The first-order valence-corrected chi connectivity index (χ1v) is 8.62. The molecule has 0 radical (unpaired) electrons. The summed E-state index contributed by atoms with van der Waals surface area (Å²) in [4.78, 5) is 23.6. The van der Waals surface area contributed by atoms with Crippen LogP contribution in [0, 0.1) is 0 Å². The van der Waals surface area contributed by atoms with Gasteiger partial charge in [-0.2, -0.15) is 0 Å². The standard InChI is InChI=1S/C19H28N4O/c1-5-9-19(10-6-2)11-7-8-12-23(19)17(24)16-13-15(14(3)4)21-18(20)22-16/h5-6,13-14H,1-2,7-12H2,3-4H3,(H2,20,21,22). The Morgan fingerprint density at radius 3 is 2.58 bits per heavy atom. The maximum Gasteiger partial charge on any atom is 0.273 e. The number of anilines is 1. The lowest BCUT2D eigenvalue weighted by Crippen LogP contribution is -2.54. The van der Waals surface area contributed by atoms with Gasteiger partial charge in [-0.25, -0.2) is 9.97 Å². The second-order valence-corrected chi connectivity index (χ2v) is 6.81. The van der Waals surface area contributed by atoms with E-state index in [-0.39, 0.29) is 23.3 Å². The number of aromatic nitrogens is 2. The lowest BCUT2D eigenvalue weighted by Gasteiger charge is -2.46. The zero-order valence-electron chi connectivity index (χ0n) is 14.8. The van der Waals surface area contributed by atoms with Crippen molar-refractivity contribution in [3.63, 3.8) is 0 Å². The first kappa shape index (κ1) is 18.2. The Kier molecular flexibility index (Phi) is 5.75. The molecule has 0 unspecified atom stereocenters. The van der Waals surface area contributed by atoms with Crippen molar-refractivity contribution in [2.75, 3.05) is 12.3 Å². The van der Waals surface area contributed by atoms with Gasteiger partial charge in [0, 0.05) is 12.2 Å². The van der Waals surface area contributed by atoms with Crippen LogP contribution < -0.4 is 5.73 Å². The molecule has 1 aromatic rings. The Bertz CT molecular complexity index is 614. The summed E-state index contributed by atoms with van der Waals surface area (Å²) in [7, 11) is 0. The summed E-state index contributed by atoms with van der Waals surface area (Å²) in [5.74, 6) is 0.267. The van der Waals surface area contributed by atoms with Gasteiger partial charge in [0.25, 0.3) is 5.91 Å². The van der Waals surface area contributed by atoms with E-state index >= 15 is 0 Å². The molecule has 0 spiro atoms. The van der Waals surface area contributed by atoms with Gasteiger partial charge in [0.15, 0.2) is 0 Å². The number of likely N-dealkylation sites (tertiary alicyclic amines) is 1. The highest BCUT2D eigenvalue weighted by atomic mass is 16.2. The van der Waals surface area contributed by atoms with Gasteiger partial charge in [-0.3, -0.25) is 4.79 Å². The molecule has 1 fully saturated rings. The minimum atomic E-state index is -0.253. The topological polar surface area (TPSA) is 72.1 Å². The average molecular weight is 328 g/mol. The van der Waals surface area contributed by atoms with Crippen LogP contribution in [0.2, 0.25) is 0 Å². The molecule has 0 aliphatic carbocycles. The highest BCUT2D eigenvalue weighted by Crippen LogP contribution is 2.36. The van der Waals surface area contributed by atoms with Crippen molar-refractivity contribution >= 4 is 11.9 Å². The lowest BCUT2D eigenvalue weighted by atomic mass is 9.80. The summed E-state index contributed by atoms with van der Waals surface area (Å²) < 4.78 is 0. The average Bonchev–Trinajstić information content (AvgIpc) is 2.54. The van der Waals surface area contributed by atoms with Gasteiger partial charge in [0.05, 0.1) is 5.54 Å². The zero-order chi connectivity index (χ0) is 17.7. The molecular formula is C19H28N4O. The molecule has 1 amide bonds. The van der Waals surface area contributed by atoms with Gasteiger partial charge in [-0.1, -0.05) is 26.0 Å². The molecule has 2 heterocycles. The van der Waals surface area contributed by atoms with Gasteiger partial charge in [-0.15, -0.1) is 13.2 Å². The van der Waals surface area contributed by atoms with Crippen LogP contribution in [-0.4, -0.2) is 32.9 Å². The van der Waals surface area contributed by atoms with Crippen molar-refractivity contribution in [1.82, 2.24) is 14.9 Å². The highest BCUT2D eigenvalue weighted by Gasteiger charge is 2.40. The van der Waals surface area contributed by atoms with Crippen LogP contribution in [0.15, 0.2) is 31.4 Å². The number of carbonyl (C=O) groups excluding carboxylic acids is 1. The number of nitrogens with two attached hydrogens (primary N) is 1. The largest absolute Gasteiger partial charge is 0.368 e. The predicted octanol–water partition coefficient (Wildman–Crippen LogP) is 3.70. The van der Waals surface area contributed by atoms with Crippen LogP contribution >= 0.6 is 0 Å². The first-order chi connectivity index (χ1) is 11.4. The van der Waals surface area contributed by atoms with Gasteiger partial charge >= 0.3 is 0 Å². The molecule has 0 atom stereocenters. The summed E-state index contributed by atoms with van der Waals surface area (Å²) in [5, 5.41) is 0. The molecule has 1 saturated heterocycles. The number of carbonyl (C=O) groups is 1. The summed E-state index contributed by atoms with van der Waals surface area (Å²) in [6.07, 6.45) is 8.35. The van der Waals surface area contributed by atoms with Crippen LogP contribution in [0.5, 0.6) is 0 Å². The Balaban J connectivity index is 2.41. The SMILES string of the molecule is C=CCC1(CC=C)CCCCN1C(=O)c1cc(C(C)C)nc(N)n1. The summed E-state index contributed by atoms with van der Waals surface area (Å²) in [6, 6.07) is 1.77. The van der Waals surface area contributed by atoms with E-state index in [2.05, 4.69) is 23.1 Å². The van der Waals surface area contributed by atoms with Crippen molar-refractivity contribution in [2.45, 2.75) is 57.4 Å². The van der Waals surface area contributed by atoms with Crippen LogP contribution in [0.1, 0.15) is 68.1 Å². The van der Waals surface area contributed by atoms with Crippen molar-refractivity contribution in [2.24, 2.45) is 0 Å². The number of hydrogen-bond acceptors (Lipinski definition) is 4. The van der Waals surface area contributed by atoms with E-state index in [9.17, 15) is 4.79 Å².